The number of aliphatic hydroxyl groups excluding tert-OH is 1. The van der Waals surface area contributed by atoms with Gasteiger partial charge in [0.15, 0.2) is 23.1 Å². The van der Waals surface area contributed by atoms with Crippen LogP contribution in [0.2, 0.25) is 0 Å². The Morgan fingerprint density at radius 1 is 1.04 bits per heavy atom. The van der Waals surface area contributed by atoms with E-state index in [9.17, 15) is 23.9 Å². The molecule has 3 atom stereocenters. The summed E-state index contributed by atoms with van der Waals surface area (Å²) >= 11 is 0. The molecule has 47 heavy (non-hydrogen) atoms. The third kappa shape index (κ3) is 4.54. The van der Waals surface area contributed by atoms with Crippen LogP contribution in [0.1, 0.15) is 24.1 Å². The van der Waals surface area contributed by atoms with E-state index in [-0.39, 0.29) is 55.8 Å². The molecule has 5 heterocycles. The highest BCUT2D eigenvalue weighted by molar-refractivity contribution is 5.95. The van der Waals surface area contributed by atoms with Crippen LogP contribution in [0, 0.1) is 11.6 Å². The van der Waals surface area contributed by atoms with Crippen LogP contribution in [0.15, 0.2) is 76.9 Å². The van der Waals surface area contributed by atoms with Crippen LogP contribution in [-0.4, -0.2) is 94.1 Å². The number of hydrogen-bond donors (Lipinski definition) is 1. The minimum absolute atomic E-state index is 0.00170. The number of hydrazine groups is 1. The van der Waals surface area contributed by atoms with Crippen LogP contribution in [0.25, 0.3) is 22.5 Å². The van der Waals surface area contributed by atoms with E-state index in [0.29, 0.717) is 28.0 Å². The van der Waals surface area contributed by atoms with E-state index in [1.807, 2.05) is 24.3 Å². The van der Waals surface area contributed by atoms with Gasteiger partial charge in [0.25, 0.3) is 5.91 Å². The topological polar surface area (TPSA) is 125 Å². The van der Waals surface area contributed by atoms with Crippen molar-refractivity contribution in [2.45, 2.75) is 31.3 Å². The largest absolute Gasteiger partial charge is 0.514 e. The monoisotopic (exact) mass is 646 g/mol. The SMILES string of the molecule is CC(=O)N1CC(OC(=O)OC2=C3C(=O)N4CCOC[C@H]4N([C@@H]4c5ccccc5-c5occc5-c5c4ccc(F)c5F)N3C=CC2O)C1. The molecule has 0 saturated carbocycles. The van der Waals surface area contributed by atoms with Crippen molar-refractivity contribution in [3.05, 3.63) is 95.2 Å². The fraction of sp³-hybridized carbons (Fsp3) is 0.303. The third-order valence-electron chi connectivity index (χ3n) is 9.13. The van der Waals surface area contributed by atoms with Crippen molar-refractivity contribution in [2.24, 2.45) is 0 Å². The summed E-state index contributed by atoms with van der Waals surface area (Å²) in [6.45, 7) is 2.25. The molecule has 2 aromatic carbocycles. The highest BCUT2D eigenvalue weighted by Crippen LogP contribution is 2.51. The lowest BCUT2D eigenvalue weighted by Gasteiger charge is -2.55. The molecule has 2 amide bonds. The molecule has 1 N–H and O–H groups in total. The summed E-state index contributed by atoms with van der Waals surface area (Å²) in [4.78, 5) is 41.7. The number of likely N-dealkylation sites (tertiary alicyclic amines) is 1. The van der Waals surface area contributed by atoms with Crippen LogP contribution in [0.4, 0.5) is 13.6 Å². The molecule has 0 spiro atoms. The summed E-state index contributed by atoms with van der Waals surface area (Å²) in [6.07, 6.45) is 0.248. The number of aliphatic hydroxyl groups is 1. The van der Waals surface area contributed by atoms with Crippen molar-refractivity contribution in [3.8, 4) is 22.5 Å². The fourth-order valence-corrected chi connectivity index (χ4v) is 6.90. The number of carbonyl (C=O) groups is 3. The number of morpholine rings is 1. The zero-order valence-corrected chi connectivity index (χ0v) is 25.0. The quantitative estimate of drug-likeness (QED) is 0.423. The molecule has 1 unspecified atom stereocenters. The lowest BCUT2D eigenvalue weighted by Crippen LogP contribution is -2.68. The molecule has 4 aliphatic heterocycles. The van der Waals surface area contributed by atoms with E-state index < -0.39 is 48.1 Å². The summed E-state index contributed by atoms with van der Waals surface area (Å²) in [5.74, 6) is -2.80. The van der Waals surface area contributed by atoms with E-state index in [1.165, 1.54) is 46.3 Å². The van der Waals surface area contributed by atoms with Gasteiger partial charge in [-0.05, 0) is 29.3 Å². The van der Waals surface area contributed by atoms with E-state index in [1.54, 1.807) is 11.1 Å². The molecular weight excluding hydrogens is 618 g/mol. The second kappa shape index (κ2) is 11.0. The zero-order valence-electron chi connectivity index (χ0n) is 25.0. The van der Waals surface area contributed by atoms with Crippen molar-refractivity contribution < 1.29 is 46.9 Å². The van der Waals surface area contributed by atoms with Gasteiger partial charge in [-0.1, -0.05) is 30.3 Å². The number of hydrogen-bond acceptors (Lipinski definition) is 10. The number of carbonyl (C=O) groups excluding carboxylic acids is 3. The predicted octanol–water partition coefficient (Wildman–Crippen LogP) is 3.50. The van der Waals surface area contributed by atoms with E-state index in [2.05, 4.69) is 0 Å². The minimum atomic E-state index is -1.49. The Morgan fingerprint density at radius 3 is 2.66 bits per heavy atom. The number of rotatable bonds is 3. The van der Waals surface area contributed by atoms with Crippen LogP contribution in [0.5, 0.6) is 0 Å². The molecular formula is C33H28F2N4O8. The van der Waals surface area contributed by atoms with Crippen molar-refractivity contribution >= 4 is 18.0 Å². The minimum Gasteiger partial charge on any atom is -0.464 e. The number of halogens is 2. The first-order valence-electron chi connectivity index (χ1n) is 15.1. The zero-order chi connectivity index (χ0) is 32.6. The Morgan fingerprint density at radius 2 is 1.85 bits per heavy atom. The Labute approximate surface area is 266 Å². The standard InChI is InChI=1S/C33H28F2N4O8/c1-17(40)36-14-18(15-36)46-33(43)47-31-24(41)8-10-38-29(31)32(42)37-11-13-44-16-25(37)39(38)28-19-4-2-3-5-20(19)30-22(9-12-45-30)26-21(28)6-7-23(34)27(26)35/h2-10,12,18,24-25,28,41H,11,13-16H2,1H3/t24?,25-,28-/m1/s1. The van der Waals surface area contributed by atoms with Gasteiger partial charge in [0.1, 0.15) is 24.1 Å². The third-order valence-corrected chi connectivity index (χ3v) is 9.13. The molecule has 12 nitrogen and oxygen atoms in total. The van der Waals surface area contributed by atoms with E-state index in [0.717, 1.165) is 6.07 Å². The van der Waals surface area contributed by atoms with Gasteiger partial charge in [0, 0.05) is 36.4 Å². The molecule has 3 fully saturated rings. The normalized spacial score (nSPS) is 23.6. The van der Waals surface area contributed by atoms with Crippen molar-refractivity contribution in [2.75, 3.05) is 32.8 Å². The smallest absolute Gasteiger partial charge is 0.464 e. The molecule has 14 heteroatoms. The second-order valence-electron chi connectivity index (χ2n) is 11.8. The number of furan rings is 1. The van der Waals surface area contributed by atoms with Gasteiger partial charge in [0.2, 0.25) is 5.91 Å². The lowest BCUT2D eigenvalue weighted by molar-refractivity contribution is -0.190. The predicted molar refractivity (Wildman–Crippen MR) is 157 cm³/mol. The Bertz CT molecular complexity index is 1890. The Balaban J connectivity index is 1.27. The number of nitrogens with zero attached hydrogens (tertiary/aromatic N) is 4. The van der Waals surface area contributed by atoms with Crippen LogP contribution in [-0.2, 0) is 23.8 Å². The maximum absolute atomic E-state index is 15.9. The maximum atomic E-state index is 15.9. The summed E-state index contributed by atoms with van der Waals surface area (Å²) in [6, 6.07) is 10.6. The van der Waals surface area contributed by atoms with Gasteiger partial charge in [0.05, 0.1) is 38.6 Å². The first-order chi connectivity index (χ1) is 22.7. The van der Waals surface area contributed by atoms with Gasteiger partial charge >= 0.3 is 6.16 Å². The maximum Gasteiger partial charge on any atom is 0.514 e. The molecule has 8 rings (SSSR count). The van der Waals surface area contributed by atoms with E-state index in [4.69, 9.17) is 18.6 Å². The Hall–Kier alpha value is -5.05. The molecule has 1 aliphatic carbocycles. The molecule has 3 saturated heterocycles. The van der Waals surface area contributed by atoms with Gasteiger partial charge in [-0.3, -0.25) is 14.6 Å². The van der Waals surface area contributed by atoms with Gasteiger partial charge < -0.3 is 33.5 Å². The van der Waals surface area contributed by atoms with Gasteiger partial charge in [-0.15, -0.1) is 0 Å². The molecule has 3 aromatic rings. The summed E-state index contributed by atoms with van der Waals surface area (Å²) < 4.78 is 53.4. The van der Waals surface area contributed by atoms with Crippen LogP contribution in [0.3, 0.4) is 0 Å². The number of amides is 2. The summed E-state index contributed by atoms with van der Waals surface area (Å²) in [7, 11) is 0. The average Bonchev–Trinajstić information content (AvgIpc) is 3.48. The molecule has 1 aromatic heterocycles. The average molecular weight is 647 g/mol. The number of ether oxygens (including phenoxy) is 3. The van der Waals surface area contributed by atoms with Crippen molar-refractivity contribution in [1.82, 2.24) is 19.8 Å². The molecule has 5 aliphatic rings. The highest BCUT2D eigenvalue weighted by atomic mass is 19.2. The van der Waals surface area contributed by atoms with E-state index >= 15 is 4.39 Å². The fourth-order valence-electron chi connectivity index (χ4n) is 6.90. The number of fused-ring (bicyclic) bond motifs is 7. The van der Waals surface area contributed by atoms with Crippen molar-refractivity contribution in [1.29, 1.82) is 0 Å². The van der Waals surface area contributed by atoms with Crippen molar-refractivity contribution in [3.63, 3.8) is 0 Å². The Kier molecular flexibility index (Phi) is 6.89. The van der Waals surface area contributed by atoms with Gasteiger partial charge in [-0.2, -0.15) is 5.01 Å². The second-order valence-corrected chi connectivity index (χ2v) is 11.8. The lowest BCUT2D eigenvalue weighted by atomic mass is 9.91. The molecule has 242 valence electrons. The first-order valence-corrected chi connectivity index (χ1v) is 15.1. The van der Waals surface area contributed by atoms with Crippen LogP contribution < -0.4 is 0 Å². The van der Waals surface area contributed by atoms with Gasteiger partial charge in [-0.25, -0.2) is 13.6 Å². The first kappa shape index (κ1) is 29.4. The summed E-state index contributed by atoms with van der Waals surface area (Å²) in [5, 5.41) is 14.3. The number of benzene rings is 2. The van der Waals surface area contributed by atoms with Crippen LogP contribution >= 0.6 is 0 Å². The highest BCUT2D eigenvalue weighted by Gasteiger charge is 2.51. The summed E-state index contributed by atoms with van der Waals surface area (Å²) in [5.41, 5.74) is 1.88. The molecule has 0 radical (unpaired) electrons. The molecule has 0 bridgehead atoms.